The number of hydrogen-bond donors (Lipinski definition) is 4. The van der Waals surface area contributed by atoms with Gasteiger partial charge in [0, 0.05) is 30.8 Å². The summed E-state index contributed by atoms with van der Waals surface area (Å²) in [4.78, 5) is 27.8. The van der Waals surface area contributed by atoms with Crippen LogP contribution in [0.15, 0.2) is 60.7 Å². The van der Waals surface area contributed by atoms with Gasteiger partial charge in [-0.1, -0.05) is 12.1 Å². The maximum atomic E-state index is 14.5. The van der Waals surface area contributed by atoms with Crippen LogP contribution >= 0.6 is 0 Å². The fourth-order valence-corrected chi connectivity index (χ4v) is 3.90. The van der Waals surface area contributed by atoms with Crippen molar-refractivity contribution in [3.63, 3.8) is 0 Å². The van der Waals surface area contributed by atoms with Crippen molar-refractivity contribution in [3.05, 3.63) is 89.2 Å². The molecule has 0 aliphatic carbocycles. The zero-order valence-corrected chi connectivity index (χ0v) is 19.6. The third-order valence-electron chi connectivity index (χ3n) is 5.61. The Morgan fingerprint density at radius 1 is 1.00 bits per heavy atom. The van der Waals surface area contributed by atoms with E-state index in [-0.39, 0.29) is 34.3 Å². The summed E-state index contributed by atoms with van der Waals surface area (Å²) in [5.41, 5.74) is 1.15. The number of amides is 2. The van der Waals surface area contributed by atoms with Crippen LogP contribution in [-0.4, -0.2) is 36.2 Å². The average molecular weight is 493 g/mol. The van der Waals surface area contributed by atoms with Crippen LogP contribution in [0.1, 0.15) is 26.5 Å². The van der Waals surface area contributed by atoms with Gasteiger partial charge in [-0.2, -0.15) is 0 Å². The first kappa shape index (κ1) is 24.4. The van der Waals surface area contributed by atoms with E-state index in [4.69, 9.17) is 4.74 Å². The molecule has 184 valence electrons. The third kappa shape index (κ3) is 4.48. The van der Waals surface area contributed by atoms with E-state index in [1.807, 2.05) is 0 Å². The molecular weight excluding hydrogens is 470 g/mol. The third-order valence-corrected chi connectivity index (χ3v) is 5.61. The smallest absolute Gasteiger partial charge is 0.327 e. The number of H-pyrrole nitrogens is 1. The molecule has 0 saturated carbocycles. The Bertz CT molecular complexity index is 1460. The minimum atomic E-state index is -0.774. The molecule has 1 aromatic heterocycles. The maximum absolute atomic E-state index is 14.5. The Morgan fingerprint density at radius 2 is 1.69 bits per heavy atom. The summed E-state index contributed by atoms with van der Waals surface area (Å²) in [7, 11) is 2.88. The Morgan fingerprint density at radius 3 is 2.36 bits per heavy atom. The van der Waals surface area contributed by atoms with Gasteiger partial charge in [-0.05, 0) is 53.3 Å². The second-order valence-electron chi connectivity index (χ2n) is 7.88. The number of rotatable bonds is 6. The van der Waals surface area contributed by atoms with Gasteiger partial charge in [0.2, 0.25) is 0 Å². The molecule has 36 heavy (non-hydrogen) atoms. The van der Waals surface area contributed by atoms with Crippen molar-refractivity contribution >= 4 is 17.5 Å². The van der Waals surface area contributed by atoms with Gasteiger partial charge in [-0.25, -0.2) is 13.8 Å². The van der Waals surface area contributed by atoms with E-state index in [1.165, 1.54) is 38.4 Å². The standard InChI is InChI=1S/C26H22F2N4O4/c1-14-23(26(34)31-17-7-4-6-16(12-17)25(33)29-2)32(35)24(30-14)15-10-11-21(36-3)18(13-15)22-19(27)8-5-9-20(22)28/h4-13,35H,1-3H3,(H2,29,31,33,34)/p+1. The number of benzene rings is 3. The summed E-state index contributed by atoms with van der Waals surface area (Å²) in [6.07, 6.45) is 0. The number of aromatic nitrogens is 2. The summed E-state index contributed by atoms with van der Waals surface area (Å²) < 4.78 is 35.0. The molecule has 3 aromatic carbocycles. The molecule has 10 heteroatoms. The minimum Gasteiger partial charge on any atom is -0.496 e. The van der Waals surface area contributed by atoms with Crippen LogP contribution in [0.5, 0.6) is 5.75 Å². The van der Waals surface area contributed by atoms with Crippen molar-refractivity contribution in [1.82, 2.24) is 10.3 Å². The van der Waals surface area contributed by atoms with Gasteiger partial charge in [0.15, 0.2) is 5.69 Å². The summed E-state index contributed by atoms with van der Waals surface area (Å²) in [6.45, 7) is 1.59. The van der Waals surface area contributed by atoms with Crippen molar-refractivity contribution in [2.24, 2.45) is 0 Å². The van der Waals surface area contributed by atoms with Crippen LogP contribution in [0.25, 0.3) is 22.5 Å². The van der Waals surface area contributed by atoms with E-state index >= 15 is 0 Å². The lowest BCUT2D eigenvalue weighted by molar-refractivity contribution is -0.896. The SMILES string of the molecule is CNC(=O)c1cccc(NC(=O)c2c(C)[nH]c(-c3ccc(OC)c(-c4c(F)cccc4F)c3)[n+]2O)c1. The normalized spacial score (nSPS) is 10.7. The van der Waals surface area contributed by atoms with E-state index in [9.17, 15) is 23.6 Å². The van der Waals surface area contributed by atoms with Gasteiger partial charge >= 0.3 is 11.7 Å². The molecule has 0 unspecified atom stereocenters. The quantitative estimate of drug-likeness (QED) is 0.240. The van der Waals surface area contributed by atoms with Crippen molar-refractivity contribution in [2.75, 3.05) is 19.5 Å². The number of carbonyl (C=O) groups is 2. The van der Waals surface area contributed by atoms with Crippen molar-refractivity contribution in [3.8, 4) is 28.3 Å². The molecule has 0 saturated heterocycles. The summed E-state index contributed by atoms with van der Waals surface area (Å²) in [5, 5.41) is 16.0. The maximum Gasteiger partial charge on any atom is 0.327 e. The summed E-state index contributed by atoms with van der Waals surface area (Å²) in [6, 6.07) is 14.4. The molecule has 8 nitrogen and oxygen atoms in total. The number of nitrogens with zero attached hydrogens (tertiary/aromatic N) is 1. The lowest BCUT2D eigenvalue weighted by Crippen LogP contribution is -2.39. The second kappa shape index (κ2) is 9.87. The van der Waals surface area contributed by atoms with Crippen molar-refractivity contribution in [2.45, 2.75) is 6.92 Å². The van der Waals surface area contributed by atoms with E-state index in [0.29, 0.717) is 27.2 Å². The highest BCUT2D eigenvalue weighted by Crippen LogP contribution is 2.36. The average Bonchev–Trinajstić information content (AvgIpc) is 3.17. The van der Waals surface area contributed by atoms with Crippen molar-refractivity contribution in [1.29, 1.82) is 0 Å². The van der Waals surface area contributed by atoms with Gasteiger partial charge in [0.25, 0.3) is 11.6 Å². The summed E-state index contributed by atoms with van der Waals surface area (Å²) in [5.74, 6) is -2.17. The molecule has 0 aliphatic heterocycles. The number of imidazole rings is 1. The largest absolute Gasteiger partial charge is 0.496 e. The zero-order valence-electron chi connectivity index (χ0n) is 19.6. The fourth-order valence-electron chi connectivity index (χ4n) is 3.90. The number of aryl methyl sites for hydroxylation is 1. The topological polar surface area (TPSA) is 107 Å². The molecule has 4 aromatic rings. The Kier molecular flexibility index (Phi) is 6.69. The monoisotopic (exact) mass is 493 g/mol. The van der Waals surface area contributed by atoms with Crippen LogP contribution in [0.4, 0.5) is 14.5 Å². The molecule has 2 amide bonds. The molecule has 0 bridgehead atoms. The van der Waals surface area contributed by atoms with E-state index in [2.05, 4.69) is 15.6 Å². The number of halogens is 2. The van der Waals surface area contributed by atoms with E-state index < -0.39 is 17.5 Å². The predicted molar refractivity (Wildman–Crippen MR) is 128 cm³/mol. The first-order chi connectivity index (χ1) is 17.2. The highest BCUT2D eigenvalue weighted by molar-refractivity contribution is 6.03. The minimum absolute atomic E-state index is 0.0928. The first-order valence-corrected chi connectivity index (χ1v) is 10.8. The lowest BCUT2D eigenvalue weighted by Gasteiger charge is -2.11. The van der Waals surface area contributed by atoms with Crippen LogP contribution in [-0.2, 0) is 0 Å². The van der Waals surface area contributed by atoms with Crippen LogP contribution in [0, 0.1) is 18.6 Å². The highest BCUT2D eigenvalue weighted by Gasteiger charge is 2.30. The molecule has 0 spiro atoms. The number of carbonyl (C=O) groups excluding carboxylic acids is 2. The predicted octanol–water partition coefficient (Wildman–Crippen LogP) is 4.08. The highest BCUT2D eigenvalue weighted by atomic mass is 19.1. The van der Waals surface area contributed by atoms with E-state index in [1.54, 1.807) is 31.2 Å². The Balaban J connectivity index is 1.73. The lowest BCUT2D eigenvalue weighted by atomic mass is 10.0. The Hall–Kier alpha value is -4.73. The number of anilines is 1. The summed E-state index contributed by atoms with van der Waals surface area (Å²) >= 11 is 0. The first-order valence-electron chi connectivity index (χ1n) is 10.8. The Labute approximate surface area is 205 Å². The van der Waals surface area contributed by atoms with Gasteiger partial charge in [0.05, 0.1) is 18.2 Å². The van der Waals surface area contributed by atoms with Gasteiger partial charge in [0.1, 0.15) is 17.4 Å². The van der Waals surface area contributed by atoms with Gasteiger partial charge in [-0.15, -0.1) is 0 Å². The molecule has 4 N–H and O–H groups in total. The molecule has 0 atom stereocenters. The molecule has 1 heterocycles. The number of methoxy groups -OCH3 is 1. The number of nitrogens with one attached hydrogen (secondary N) is 3. The van der Waals surface area contributed by atoms with Crippen molar-refractivity contribution < 1.29 is 33.0 Å². The van der Waals surface area contributed by atoms with E-state index in [0.717, 1.165) is 12.1 Å². The molecule has 0 fully saturated rings. The molecular formula is C26H23F2N4O4+. The molecule has 4 rings (SSSR count). The van der Waals surface area contributed by atoms with Crippen LogP contribution in [0.3, 0.4) is 0 Å². The number of aromatic amines is 1. The number of ether oxygens (including phenoxy) is 1. The molecule has 0 aliphatic rings. The number of hydrogen-bond acceptors (Lipinski definition) is 4. The van der Waals surface area contributed by atoms with Gasteiger partial charge < -0.3 is 20.6 Å². The molecule has 0 radical (unpaired) electrons. The van der Waals surface area contributed by atoms with Crippen LogP contribution in [0.2, 0.25) is 0 Å². The zero-order chi connectivity index (χ0) is 26.0. The fraction of sp³-hybridized carbons (Fsp3) is 0.115. The second-order valence-corrected chi connectivity index (χ2v) is 7.88. The van der Waals surface area contributed by atoms with Gasteiger partial charge in [-0.3, -0.25) is 9.59 Å². The van der Waals surface area contributed by atoms with Crippen LogP contribution < -0.4 is 20.1 Å².